The standard InChI is InChI=1S/C12H15N3S/c1-8-6-12(14-7-10(8)13)15-9(2)11-4-3-5-16-11/h3-7,9H,13H2,1-2H3,(H,14,15). The van der Waals surface area contributed by atoms with Gasteiger partial charge in [-0.25, -0.2) is 4.98 Å². The van der Waals surface area contributed by atoms with Gasteiger partial charge in [0.15, 0.2) is 0 Å². The average molecular weight is 233 g/mol. The number of nitrogen functional groups attached to an aromatic ring is 1. The molecular formula is C12H15N3S. The highest BCUT2D eigenvalue weighted by Gasteiger charge is 2.07. The van der Waals surface area contributed by atoms with E-state index >= 15 is 0 Å². The van der Waals surface area contributed by atoms with Crippen LogP contribution in [0.1, 0.15) is 23.4 Å². The number of thiophene rings is 1. The Labute approximate surface area is 99.3 Å². The first-order valence-electron chi connectivity index (χ1n) is 5.19. The zero-order valence-electron chi connectivity index (χ0n) is 9.40. The molecule has 0 saturated carbocycles. The first-order valence-corrected chi connectivity index (χ1v) is 6.07. The quantitative estimate of drug-likeness (QED) is 0.856. The Hall–Kier alpha value is -1.55. The minimum atomic E-state index is 0.274. The summed E-state index contributed by atoms with van der Waals surface area (Å²) >= 11 is 1.74. The highest BCUT2D eigenvalue weighted by atomic mass is 32.1. The van der Waals surface area contributed by atoms with Crippen LogP contribution in [0.2, 0.25) is 0 Å². The van der Waals surface area contributed by atoms with Crippen LogP contribution < -0.4 is 11.1 Å². The fraction of sp³-hybridized carbons (Fsp3) is 0.250. The van der Waals surface area contributed by atoms with Gasteiger partial charge in [0.05, 0.1) is 17.9 Å². The fourth-order valence-electron chi connectivity index (χ4n) is 1.48. The van der Waals surface area contributed by atoms with Crippen molar-refractivity contribution >= 4 is 22.8 Å². The number of nitrogens with two attached hydrogens (primary N) is 1. The van der Waals surface area contributed by atoms with Crippen molar-refractivity contribution in [2.24, 2.45) is 0 Å². The Morgan fingerprint density at radius 1 is 1.50 bits per heavy atom. The lowest BCUT2D eigenvalue weighted by atomic mass is 10.2. The van der Waals surface area contributed by atoms with Crippen LogP contribution in [0.5, 0.6) is 0 Å². The second-order valence-electron chi connectivity index (χ2n) is 3.81. The smallest absolute Gasteiger partial charge is 0.126 e. The molecule has 0 fully saturated rings. The van der Waals surface area contributed by atoms with Crippen LogP contribution in [0.25, 0.3) is 0 Å². The van der Waals surface area contributed by atoms with Crippen molar-refractivity contribution in [3.05, 3.63) is 40.2 Å². The maximum absolute atomic E-state index is 5.73. The van der Waals surface area contributed by atoms with Gasteiger partial charge in [-0.2, -0.15) is 0 Å². The minimum absolute atomic E-state index is 0.274. The minimum Gasteiger partial charge on any atom is -0.397 e. The van der Waals surface area contributed by atoms with Gasteiger partial charge in [-0.3, -0.25) is 0 Å². The highest BCUT2D eigenvalue weighted by molar-refractivity contribution is 7.10. The summed E-state index contributed by atoms with van der Waals surface area (Å²) in [5.41, 5.74) is 7.51. The topological polar surface area (TPSA) is 50.9 Å². The van der Waals surface area contributed by atoms with Crippen LogP contribution in [0.15, 0.2) is 29.8 Å². The molecule has 0 aliphatic rings. The van der Waals surface area contributed by atoms with Crippen LogP contribution in [-0.4, -0.2) is 4.98 Å². The van der Waals surface area contributed by atoms with E-state index in [4.69, 9.17) is 5.73 Å². The number of anilines is 2. The zero-order chi connectivity index (χ0) is 11.5. The second kappa shape index (κ2) is 4.53. The molecule has 0 spiro atoms. The summed E-state index contributed by atoms with van der Waals surface area (Å²) in [5, 5.41) is 5.43. The summed E-state index contributed by atoms with van der Waals surface area (Å²) in [5.74, 6) is 0.868. The predicted molar refractivity (Wildman–Crippen MR) is 69.7 cm³/mol. The molecule has 3 nitrogen and oxygen atoms in total. The van der Waals surface area contributed by atoms with E-state index in [1.165, 1.54) is 4.88 Å². The zero-order valence-corrected chi connectivity index (χ0v) is 10.2. The average Bonchev–Trinajstić information content (AvgIpc) is 2.77. The Balaban J connectivity index is 2.12. The van der Waals surface area contributed by atoms with Crippen molar-refractivity contribution in [1.29, 1.82) is 0 Å². The van der Waals surface area contributed by atoms with Gasteiger partial charge in [-0.05, 0) is 36.9 Å². The van der Waals surface area contributed by atoms with E-state index in [1.807, 2.05) is 13.0 Å². The SMILES string of the molecule is Cc1cc(NC(C)c2cccs2)ncc1N. The van der Waals surface area contributed by atoms with E-state index in [2.05, 4.69) is 34.7 Å². The number of rotatable bonds is 3. The molecule has 0 amide bonds. The van der Waals surface area contributed by atoms with Gasteiger partial charge in [-0.1, -0.05) is 6.07 Å². The summed E-state index contributed by atoms with van der Waals surface area (Å²) in [6, 6.07) is 6.42. The molecule has 16 heavy (non-hydrogen) atoms. The van der Waals surface area contributed by atoms with Gasteiger partial charge in [0.25, 0.3) is 0 Å². The summed E-state index contributed by atoms with van der Waals surface area (Å²) < 4.78 is 0. The highest BCUT2D eigenvalue weighted by Crippen LogP contribution is 2.23. The monoisotopic (exact) mass is 233 g/mol. The normalized spacial score (nSPS) is 12.4. The third-order valence-corrected chi connectivity index (χ3v) is 3.54. The number of pyridine rings is 1. The van der Waals surface area contributed by atoms with Crippen LogP contribution in [-0.2, 0) is 0 Å². The molecule has 0 aliphatic carbocycles. The molecule has 1 unspecified atom stereocenters. The van der Waals surface area contributed by atoms with Gasteiger partial charge in [0, 0.05) is 4.88 Å². The fourth-order valence-corrected chi connectivity index (χ4v) is 2.21. The number of nitrogens with zero attached hydrogens (tertiary/aromatic N) is 1. The molecule has 3 N–H and O–H groups in total. The molecule has 1 atom stereocenters. The Morgan fingerprint density at radius 2 is 2.31 bits per heavy atom. The maximum Gasteiger partial charge on any atom is 0.126 e. The molecule has 2 rings (SSSR count). The predicted octanol–water partition coefficient (Wildman–Crippen LogP) is 3.21. The molecule has 84 valence electrons. The number of nitrogens with one attached hydrogen (secondary N) is 1. The summed E-state index contributed by atoms with van der Waals surface area (Å²) in [6.45, 7) is 4.11. The number of aryl methyl sites for hydroxylation is 1. The third-order valence-electron chi connectivity index (χ3n) is 2.49. The number of hydrogen-bond acceptors (Lipinski definition) is 4. The van der Waals surface area contributed by atoms with Crippen LogP contribution in [0, 0.1) is 6.92 Å². The molecule has 0 bridgehead atoms. The lowest BCUT2D eigenvalue weighted by Crippen LogP contribution is -2.07. The molecule has 0 aliphatic heterocycles. The lowest BCUT2D eigenvalue weighted by Gasteiger charge is -2.13. The Kier molecular flexibility index (Phi) is 3.10. The van der Waals surface area contributed by atoms with Crippen molar-refractivity contribution in [3.8, 4) is 0 Å². The molecule has 2 heterocycles. The molecular weight excluding hydrogens is 218 g/mol. The molecule has 0 aromatic carbocycles. The summed E-state index contributed by atoms with van der Waals surface area (Å²) in [6.07, 6.45) is 1.69. The third kappa shape index (κ3) is 2.33. The van der Waals surface area contributed by atoms with Gasteiger partial charge in [-0.15, -0.1) is 11.3 Å². The largest absolute Gasteiger partial charge is 0.397 e. The van der Waals surface area contributed by atoms with Crippen LogP contribution in [0.4, 0.5) is 11.5 Å². The van der Waals surface area contributed by atoms with E-state index < -0.39 is 0 Å². The number of hydrogen-bond donors (Lipinski definition) is 2. The molecule has 2 aromatic heterocycles. The number of aromatic nitrogens is 1. The van der Waals surface area contributed by atoms with Crippen molar-refractivity contribution in [2.75, 3.05) is 11.1 Å². The van der Waals surface area contributed by atoms with Crippen molar-refractivity contribution in [2.45, 2.75) is 19.9 Å². The molecule has 0 saturated heterocycles. The van der Waals surface area contributed by atoms with Crippen LogP contribution >= 0.6 is 11.3 Å². The van der Waals surface area contributed by atoms with E-state index in [9.17, 15) is 0 Å². The maximum atomic E-state index is 5.73. The molecule has 4 heteroatoms. The van der Waals surface area contributed by atoms with E-state index in [-0.39, 0.29) is 6.04 Å². The van der Waals surface area contributed by atoms with Gasteiger partial charge in [0.2, 0.25) is 0 Å². The van der Waals surface area contributed by atoms with Gasteiger partial charge in [0.1, 0.15) is 5.82 Å². The van der Waals surface area contributed by atoms with Crippen molar-refractivity contribution < 1.29 is 0 Å². The first-order chi connectivity index (χ1) is 7.66. The summed E-state index contributed by atoms with van der Waals surface area (Å²) in [4.78, 5) is 5.56. The van der Waals surface area contributed by atoms with Crippen LogP contribution in [0.3, 0.4) is 0 Å². The van der Waals surface area contributed by atoms with Gasteiger partial charge < -0.3 is 11.1 Å². The van der Waals surface area contributed by atoms with E-state index in [0.29, 0.717) is 0 Å². The second-order valence-corrected chi connectivity index (χ2v) is 4.79. The van der Waals surface area contributed by atoms with E-state index in [1.54, 1.807) is 17.5 Å². The van der Waals surface area contributed by atoms with E-state index in [0.717, 1.165) is 17.1 Å². The lowest BCUT2D eigenvalue weighted by molar-refractivity contribution is 0.896. The molecule has 0 radical (unpaired) electrons. The van der Waals surface area contributed by atoms with Gasteiger partial charge >= 0.3 is 0 Å². The Morgan fingerprint density at radius 3 is 2.94 bits per heavy atom. The van der Waals surface area contributed by atoms with Crippen molar-refractivity contribution in [1.82, 2.24) is 4.98 Å². The molecule has 2 aromatic rings. The van der Waals surface area contributed by atoms with Crippen molar-refractivity contribution in [3.63, 3.8) is 0 Å². The Bertz CT molecular complexity index is 465. The first kappa shape index (κ1) is 11.0. The summed E-state index contributed by atoms with van der Waals surface area (Å²) in [7, 11) is 0.